The molecule has 1 aliphatic heterocycles. The molecule has 0 bridgehead atoms. The Morgan fingerprint density at radius 3 is 2.56 bits per heavy atom. The highest BCUT2D eigenvalue weighted by molar-refractivity contribution is 6.33. The number of para-hydroxylation sites is 1. The minimum atomic E-state index is -0.502. The van der Waals surface area contributed by atoms with E-state index in [0.29, 0.717) is 30.3 Å². The third kappa shape index (κ3) is 6.55. The molecule has 138 valence electrons. The second-order valence-electron chi connectivity index (χ2n) is 7.13. The van der Waals surface area contributed by atoms with Gasteiger partial charge in [0.05, 0.1) is 17.3 Å². The van der Waals surface area contributed by atoms with Crippen LogP contribution >= 0.6 is 11.6 Å². The number of nitrogens with zero attached hydrogens (tertiary/aromatic N) is 2. The van der Waals surface area contributed by atoms with Gasteiger partial charge in [-0.05, 0) is 39.3 Å². The maximum Gasteiger partial charge on any atom is 0.410 e. The largest absolute Gasteiger partial charge is 0.444 e. The van der Waals surface area contributed by atoms with Crippen molar-refractivity contribution in [3.63, 3.8) is 0 Å². The molecule has 0 atom stereocenters. The van der Waals surface area contributed by atoms with E-state index >= 15 is 0 Å². The molecule has 2 rings (SSSR count). The molecule has 1 aliphatic rings. The van der Waals surface area contributed by atoms with Crippen molar-refractivity contribution in [3.8, 4) is 0 Å². The zero-order chi connectivity index (χ0) is 18.4. The summed E-state index contributed by atoms with van der Waals surface area (Å²) in [5, 5.41) is 3.34. The number of rotatable bonds is 3. The third-order valence-corrected chi connectivity index (χ3v) is 4.08. The van der Waals surface area contributed by atoms with E-state index in [1.165, 1.54) is 0 Å². The average molecular weight is 368 g/mol. The molecule has 7 heteroatoms. The summed E-state index contributed by atoms with van der Waals surface area (Å²) in [7, 11) is 0. The molecule has 0 unspecified atom stereocenters. The van der Waals surface area contributed by atoms with Gasteiger partial charge in [0, 0.05) is 26.2 Å². The zero-order valence-electron chi connectivity index (χ0n) is 15.0. The van der Waals surface area contributed by atoms with Crippen LogP contribution in [0.25, 0.3) is 0 Å². The van der Waals surface area contributed by atoms with Gasteiger partial charge in [-0.15, -0.1) is 0 Å². The second-order valence-corrected chi connectivity index (χ2v) is 7.53. The summed E-state index contributed by atoms with van der Waals surface area (Å²) in [5.74, 6) is -0.112. The summed E-state index contributed by atoms with van der Waals surface area (Å²) < 4.78 is 5.42. The van der Waals surface area contributed by atoms with Crippen LogP contribution in [0.4, 0.5) is 10.5 Å². The Balaban J connectivity index is 1.83. The molecule has 0 spiro atoms. The van der Waals surface area contributed by atoms with E-state index in [-0.39, 0.29) is 18.5 Å². The number of benzene rings is 1. The Bertz CT molecular complexity index is 616. The van der Waals surface area contributed by atoms with Crippen LogP contribution in [-0.2, 0) is 9.53 Å². The number of halogens is 1. The molecular formula is C18H26ClN3O3. The molecule has 1 N–H and O–H groups in total. The van der Waals surface area contributed by atoms with Gasteiger partial charge in [0.25, 0.3) is 0 Å². The Labute approximate surface area is 154 Å². The molecule has 0 radical (unpaired) electrons. The van der Waals surface area contributed by atoms with Crippen molar-refractivity contribution in [2.75, 3.05) is 38.0 Å². The van der Waals surface area contributed by atoms with Crippen molar-refractivity contribution in [2.24, 2.45) is 0 Å². The average Bonchev–Trinajstić information content (AvgIpc) is 2.73. The number of carbonyl (C=O) groups is 2. The van der Waals surface area contributed by atoms with Crippen LogP contribution in [0.5, 0.6) is 0 Å². The first-order chi connectivity index (χ1) is 11.7. The Hall–Kier alpha value is -1.79. The number of nitrogens with one attached hydrogen (secondary N) is 1. The van der Waals surface area contributed by atoms with E-state index < -0.39 is 5.60 Å². The first-order valence-electron chi connectivity index (χ1n) is 8.49. The fourth-order valence-corrected chi connectivity index (χ4v) is 2.78. The van der Waals surface area contributed by atoms with Gasteiger partial charge in [-0.1, -0.05) is 23.7 Å². The Morgan fingerprint density at radius 2 is 1.88 bits per heavy atom. The van der Waals surface area contributed by atoms with Crippen LogP contribution in [0.15, 0.2) is 24.3 Å². The molecule has 0 saturated carbocycles. The summed E-state index contributed by atoms with van der Waals surface area (Å²) in [4.78, 5) is 28.1. The SMILES string of the molecule is CC(C)(C)OC(=O)N1CCCN(CC(=O)Nc2ccccc2Cl)CC1. The van der Waals surface area contributed by atoms with E-state index in [1.54, 1.807) is 17.0 Å². The van der Waals surface area contributed by atoms with Crippen molar-refractivity contribution < 1.29 is 14.3 Å². The van der Waals surface area contributed by atoms with Gasteiger partial charge in [0.2, 0.25) is 5.91 Å². The van der Waals surface area contributed by atoms with Crippen molar-refractivity contribution in [1.82, 2.24) is 9.80 Å². The van der Waals surface area contributed by atoms with Crippen LogP contribution in [0.3, 0.4) is 0 Å². The maximum atomic E-state index is 12.2. The molecule has 1 aromatic rings. The van der Waals surface area contributed by atoms with Crippen LogP contribution in [-0.4, -0.2) is 60.1 Å². The van der Waals surface area contributed by atoms with Gasteiger partial charge in [0.1, 0.15) is 5.60 Å². The molecule has 0 aliphatic carbocycles. The minimum Gasteiger partial charge on any atom is -0.444 e. The number of ether oxygens (including phenoxy) is 1. The summed E-state index contributed by atoms with van der Waals surface area (Å²) >= 11 is 6.06. The fourth-order valence-electron chi connectivity index (χ4n) is 2.59. The van der Waals surface area contributed by atoms with Gasteiger partial charge in [-0.25, -0.2) is 4.79 Å². The summed E-state index contributed by atoms with van der Waals surface area (Å²) in [6.45, 7) is 8.42. The van der Waals surface area contributed by atoms with Gasteiger partial charge >= 0.3 is 6.09 Å². The number of hydrogen-bond acceptors (Lipinski definition) is 4. The first-order valence-corrected chi connectivity index (χ1v) is 8.87. The van der Waals surface area contributed by atoms with E-state index in [9.17, 15) is 9.59 Å². The molecule has 1 aromatic carbocycles. The topological polar surface area (TPSA) is 61.9 Å². The van der Waals surface area contributed by atoms with Gasteiger partial charge in [-0.2, -0.15) is 0 Å². The monoisotopic (exact) mass is 367 g/mol. The van der Waals surface area contributed by atoms with E-state index in [0.717, 1.165) is 13.0 Å². The molecular weight excluding hydrogens is 342 g/mol. The van der Waals surface area contributed by atoms with Crippen molar-refractivity contribution >= 4 is 29.3 Å². The zero-order valence-corrected chi connectivity index (χ0v) is 15.8. The van der Waals surface area contributed by atoms with Crippen molar-refractivity contribution in [3.05, 3.63) is 29.3 Å². The molecule has 25 heavy (non-hydrogen) atoms. The lowest BCUT2D eigenvalue weighted by molar-refractivity contribution is -0.117. The van der Waals surface area contributed by atoms with Crippen LogP contribution in [0, 0.1) is 0 Å². The van der Waals surface area contributed by atoms with E-state index in [1.807, 2.05) is 37.8 Å². The maximum absolute atomic E-state index is 12.2. The highest BCUT2D eigenvalue weighted by Gasteiger charge is 2.25. The molecule has 1 heterocycles. The lowest BCUT2D eigenvalue weighted by Crippen LogP contribution is -2.40. The molecule has 0 aromatic heterocycles. The fraction of sp³-hybridized carbons (Fsp3) is 0.556. The first kappa shape index (κ1) is 19.5. The van der Waals surface area contributed by atoms with E-state index in [2.05, 4.69) is 5.32 Å². The predicted octanol–water partition coefficient (Wildman–Crippen LogP) is 3.22. The van der Waals surface area contributed by atoms with Crippen LogP contribution in [0.2, 0.25) is 5.02 Å². The summed E-state index contributed by atoms with van der Waals surface area (Å²) in [5.41, 5.74) is 0.108. The smallest absolute Gasteiger partial charge is 0.410 e. The molecule has 6 nitrogen and oxygen atoms in total. The van der Waals surface area contributed by atoms with Gasteiger partial charge < -0.3 is 15.0 Å². The number of anilines is 1. The quantitative estimate of drug-likeness (QED) is 0.891. The van der Waals surface area contributed by atoms with Crippen LogP contribution < -0.4 is 5.32 Å². The summed E-state index contributed by atoms with van der Waals surface area (Å²) in [6.07, 6.45) is 0.508. The van der Waals surface area contributed by atoms with Gasteiger partial charge in [-0.3, -0.25) is 9.69 Å². The Kier molecular flexibility index (Phi) is 6.67. The van der Waals surface area contributed by atoms with Gasteiger partial charge in [0.15, 0.2) is 0 Å². The van der Waals surface area contributed by atoms with E-state index in [4.69, 9.17) is 16.3 Å². The van der Waals surface area contributed by atoms with Crippen molar-refractivity contribution in [1.29, 1.82) is 0 Å². The summed E-state index contributed by atoms with van der Waals surface area (Å²) in [6, 6.07) is 7.15. The van der Waals surface area contributed by atoms with Crippen molar-refractivity contribution in [2.45, 2.75) is 32.8 Å². The minimum absolute atomic E-state index is 0.112. The van der Waals surface area contributed by atoms with Crippen LogP contribution in [0.1, 0.15) is 27.2 Å². The highest BCUT2D eigenvalue weighted by atomic mass is 35.5. The lowest BCUT2D eigenvalue weighted by Gasteiger charge is -2.26. The predicted molar refractivity (Wildman–Crippen MR) is 98.9 cm³/mol. The standard InChI is InChI=1S/C18H26ClN3O3/c1-18(2,3)25-17(24)22-10-6-9-21(11-12-22)13-16(23)20-15-8-5-4-7-14(15)19/h4-5,7-8H,6,9-13H2,1-3H3,(H,20,23). The number of hydrogen-bond donors (Lipinski definition) is 1. The second kappa shape index (κ2) is 8.54. The lowest BCUT2D eigenvalue weighted by atomic mass is 10.2. The third-order valence-electron chi connectivity index (χ3n) is 3.76. The normalized spacial score (nSPS) is 16.2. The molecule has 2 amide bonds. The number of carbonyl (C=O) groups excluding carboxylic acids is 2. The molecule has 1 saturated heterocycles. The Morgan fingerprint density at radius 1 is 1.16 bits per heavy atom. The molecule has 1 fully saturated rings. The highest BCUT2D eigenvalue weighted by Crippen LogP contribution is 2.20. The number of amides is 2.